The van der Waals surface area contributed by atoms with Gasteiger partial charge in [0.25, 0.3) is 0 Å². The standard InChI is InChI=1S/C13H21ClN4/c1-9(2)16-13(5,8-15)6-7-18-11(4)12(14)10(3)17-18/h9,16H,6-7H2,1-5H3. The van der Waals surface area contributed by atoms with Gasteiger partial charge in [-0.15, -0.1) is 0 Å². The van der Waals surface area contributed by atoms with Crippen molar-refractivity contribution in [3.63, 3.8) is 0 Å². The molecule has 1 aromatic rings. The highest BCUT2D eigenvalue weighted by Crippen LogP contribution is 2.20. The maximum absolute atomic E-state index is 9.27. The molecule has 0 aliphatic heterocycles. The van der Waals surface area contributed by atoms with Crippen LogP contribution in [-0.2, 0) is 6.54 Å². The highest BCUT2D eigenvalue weighted by atomic mass is 35.5. The molecule has 5 heteroatoms. The third kappa shape index (κ3) is 3.47. The predicted octanol–water partition coefficient (Wildman–Crippen LogP) is 2.82. The van der Waals surface area contributed by atoms with E-state index in [0.29, 0.717) is 18.0 Å². The molecule has 1 aromatic heterocycles. The molecule has 0 spiro atoms. The van der Waals surface area contributed by atoms with Gasteiger partial charge in [-0.1, -0.05) is 11.6 Å². The fourth-order valence-electron chi connectivity index (χ4n) is 2.02. The SMILES string of the molecule is Cc1nn(CCC(C)(C#N)NC(C)C)c(C)c1Cl. The van der Waals surface area contributed by atoms with E-state index in [9.17, 15) is 5.26 Å². The van der Waals surface area contributed by atoms with Gasteiger partial charge in [-0.25, -0.2) is 0 Å². The van der Waals surface area contributed by atoms with Crippen LogP contribution >= 0.6 is 11.6 Å². The van der Waals surface area contributed by atoms with Gasteiger partial charge in [-0.2, -0.15) is 10.4 Å². The van der Waals surface area contributed by atoms with E-state index in [0.717, 1.165) is 11.4 Å². The highest BCUT2D eigenvalue weighted by Gasteiger charge is 2.24. The largest absolute Gasteiger partial charge is 0.297 e. The second-order valence-electron chi connectivity index (χ2n) is 5.20. The van der Waals surface area contributed by atoms with E-state index in [2.05, 4.69) is 16.5 Å². The minimum Gasteiger partial charge on any atom is -0.297 e. The number of nitrogens with one attached hydrogen (secondary N) is 1. The third-order valence-corrected chi connectivity index (χ3v) is 3.52. The summed E-state index contributed by atoms with van der Waals surface area (Å²) in [7, 11) is 0. The quantitative estimate of drug-likeness (QED) is 0.893. The molecule has 0 aliphatic carbocycles. The van der Waals surface area contributed by atoms with Crippen molar-refractivity contribution >= 4 is 11.6 Å². The number of rotatable bonds is 5. The van der Waals surface area contributed by atoms with Crippen molar-refractivity contribution in [3.8, 4) is 6.07 Å². The van der Waals surface area contributed by atoms with Crippen LogP contribution in [0.5, 0.6) is 0 Å². The molecule has 0 radical (unpaired) electrons. The Hall–Kier alpha value is -1.05. The Labute approximate surface area is 114 Å². The Morgan fingerprint density at radius 3 is 2.50 bits per heavy atom. The third-order valence-electron chi connectivity index (χ3n) is 2.97. The van der Waals surface area contributed by atoms with E-state index < -0.39 is 5.54 Å². The molecule has 0 saturated heterocycles. The molecule has 1 heterocycles. The number of aromatic nitrogens is 2. The summed E-state index contributed by atoms with van der Waals surface area (Å²) in [5.74, 6) is 0. The van der Waals surface area contributed by atoms with Gasteiger partial charge in [0.15, 0.2) is 0 Å². The Morgan fingerprint density at radius 1 is 1.50 bits per heavy atom. The van der Waals surface area contributed by atoms with E-state index in [1.54, 1.807) is 0 Å². The van der Waals surface area contributed by atoms with Gasteiger partial charge in [-0.3, -0.25) is 10.00 Å². The molecule has 1 rings (SSSR count). The van der Waals surface area contributed by atoms with E-state index in [1.807, 2.05) is 39.3 Å². The monoisotopic (exact) mass is 268 g/mol. The van der Waals surface area contributed by atoms with Gasteiger partial charge in [-0.05, 0) is 41.0 Å². The first kappa shape index (κ1) is 15.0. The molecular weight excluding hydrogens is 248 g/mol. The normalized spacial score (nSPS) is 14.6. The molecule has 1 unspecified atom stereocenters. The van der Waals surface area contributed by atoms with E-state index in [-0.39, 0.29) is 6.04 Å². The van der Waals surface area contributed by atoms with Crippen LogP contribution in [0.1, 0.15) is 38.6 Å². The first-order chi connectivity index (χ1) is 8.29. The maximum Gasteiger partial charge on any atom is 0.105 e. The van der Waals surface area contributed by atoms with Crippen molar-refractivity contribution in [2.24, 2.45) is 0 Å². The van der Waals surface area contributed by atoms with Gasteiger partial charge in [0.1, 0.15) is 5.54 Å². The molecule has 0 amide bonds. The van der Waals surface area contributed by atoms with Crippen LogP contribution in [0.3, 0.4) is 0 Å². The van der Waals surface area contributed by atoms with E-state index >= 15 is 0 Å². The molecule has 18 heavy (non-hydrogen) atoms. The van der Waals surface area contributed by atoms with Gasteiger partial charge < -0.3 is 0 Å². The van der Waals surface area contributed by atoms with E-state index in [4.69, 9.17) is 11.6 Å². The fraction of sp³-hybridized carbons (Fsp3) is 0.692. The van der Waals surface area contributed by atoms with Crippen molar-refractivity contribution in [1.82, 2.24) is 15.1 Å². The summed E-state index contributed by atoms with van der Waals surface area (Å²) in [6.07, 6.45) is 0.694. The second kappa shape index (κ2) is 5.73. The lowest BCUT2D eigenvalue weighted by Gasteiger charge is -2.26. The molecular formula is C13H21ClN4. The summed E-state index contributed by atoms with van der Waals surface area (Å²) in [6, 6.07) is 2.61. The first-order valence-corrected chi connectivity index (χ1v) is 6.55. The Kier molecular flexibility index (Phi) is 4.78. The van der Waals surface area contributed by atoms with Crippen LogP contribution in [0.15, 0.2) is 0 Å². The average Bonchev–Trinajstić information content (AvgIpc) is 2.53. The van der Waals surface area contributed by atoms with Crippen molar-refractivity contribution < 1.29 is 0 Å². The summed E-state index contributed by atoms with van der Waals surface area (Å²) in [6.45, 7) is 10.5. The molecule has 0 aliphatic rings. The zero-order chi connectivity index (χ0) is 13.9. The zero-order valence-corrected chi connectivity index (χ0v) is 12.5. The zero-order valence-electron chi connectivity index (χ0n) is 11.7. The molecule has 0 aromatic carbocycles. The van der Waals surface area contributed by atoms with Crippen molar-refractivity contribution in [2.45, 2.75) is 59.2 Å². The first-order valence-electron chi connectivity index (χ1n) is 6.17. The molecule has 100 valence electrons. The smallest absolute Gasteiger partial charge is 0.105 e. The summed E-state index contributed by atoms with van der Waals surface area (Å²) < 4.78 is 1.87. The average molecular weight is 269 g/mol. The van der Waals surface area contributed by atoms with Gasteiger partial charge in [0, 0.05) is 12.6 Å². The van der Waals surface area contributed by atoms with Crippen LogP contribution in [0.25, 0.3) is 0 Å². The van der Waals surface area contributed by atoms with E-state index in [1.165, 1.54) is 0 Å². The predicted molar refractivity (Wildman–Crippen MR) is 73.6 cm³/mol. The fourth-order valence-corrected chi connectivity index (χ4v) is 2.16. The number of hydrogen-bond donors (Lipinski definition) is 1. The topological polar surface area (TPSA) is 53.6 Å². The van der Waals surface area contributed by atoms with Crippen molar-refractivity contribution in [2.75, 3.05) is 0 Å². The van der Waals surface area contributed by atoms with Crippen LogP contribution in [0.2, 0.25) is 5.02 Å². The minimum absolute atomic E-state index is 0.277. The molecule has 0 saturated carbocycles. The molecule has 0 bridgehead atoms. The van der Waals surface area contributed by atoms with Gasteiger partial charge >= 0.3 is 0 Å². The van der Waals surface area contributed by atoms with Crippen molar-refractivity contribution in [3.05, 3.63) is 16.4 Å². The Bertz CT molecular complexity index is 458. The van der Waals surface area contributed by atoms with Crippen molar-refractivity contribution in [1.29, 1.82) is 5.26 Å². The summed E-state index contributed by atoms with van der Waals surface area (Å²) in [4.78, 5) is 0. The minimum atomic E-state index is -0.535. The molecule has 0 fully saturated rings. The maximum atomic E-state index is 9.27. The van der Waals surface area contributed by atoms with Crippen LogP contribution in [0, 0.1) is 25.2 Å². The summed E-state index contributed by atoms with van der Waals surface area (Å²) in [5.41, 5.74) is 1.26. The lowest BCUT2D eigenvalue weighted by Crippen LogP contribution is -2.45. The van der Waals surface area contributed by atoms with Gasteiger partial charge in [0.2, 0.25) is 0 Å². The number of nitriles is 1. The van der Waals surface area contributed by atoms with Gasteiger partial charge in [0.05, 0.1) is 22.5 Å². The van der Waals surface area contributed by atoms with Crippen LogP contribution < -0.4 is 5.32 Å². The highest BCUT2D eigenvalue weighted by molar-refractivity contribution is 6.31. The summed E-state index contributed by atoms with van der Waals surface area (Å²) >= 11 is 6.10. The molecule has 1 atom stereocenters. The number of halogens is 1. The number of nitrogens with zero attached hydrogens (tertiary/aromatic N) is 3. The lowest BCUT2D eigenvalue weighted by molar-refractivity contribution is 0.353. The lowest BCUT2D eigenvalue weighted by atomic mass is 9.99. The van der Waals surface area contributed by atoms with Crippen LogP contribution in [-0.4, -0.2) is 21.4 Å². The summed E-state index contributed by atoms with van der Waals surface area (Å²) in [5, 5.41) is 17.6. The molecule has 4 nitrogen and oxygen atoms in total. The number of hydrogen-bond acceptors (Lipinski definition) is 3. The van der Waals surface area contributed by atoms with Crippen LogP contribution in [0.4, 0.5) is 0 Å². The molecule has 1 N–H and O–H groups in total. The Balaban J connectivity index is 2.74. The number of aryl methyl sites for hydroxylation is 2. The Morgan fingerprint density at radius 2 is 2.11 bits per heavy atom. The second-order valence-corrected chi connectivity index (χ2v) is 5.58.